The topological polar surface area (TPSA) is 55.3 Å². The zero-order chi connectivity index (χ0) is 16.8. The highest BCUT2D eigenvalue weighted by atomic mass is 19.1. The van der Waals surface area contributed by atoms with Crippen molar-refractivity contribution in [3.05, 3.63) is 58.7 Å². The van der Waals surface area contributed by atoms with E-state index >= 15 is 0 Å². The number of hydrogen-bond acceptors (Lipinski definition) is 4. The van der Waals surface area contributed by atoms with Gasteiger partial charge in [0, 0.05) is 11.3 Å². The van der Waals surface area contributed by atoms with Gasteiger partial charge in [-0.2, -0.15) is 0 Å². The summed E-state index contributed by atoms with van der Waals surface area (Å²) in [5.74, 6) is 6.67. The van der Waals surface area contributed by atoms with Gasteiger partial charge >= 0.3 is 0 Å². The molecular formula is C18H20FN3O. The molecule has 2 heterocycles. The van der Waals surface area contributed by atoms with Crippen LogP contribution in [0.4, 0.5) is 4.39 Å². The predicted molar refractivity (Wildman–Crippen MR) is 88.7 cm³/mol. The molecule has 0 aromatic carbocycles. The van der Waals surface area contributed by atoms with E-state index in [2.05, 4.69) is 16.8 Å². The van der Waals surface area contributed by atoms with Crippen LogP contribution in [0, 0.1) is 17.7 Å². The maximum absolute atomic E-state index is 13.3. The molecule has 23 heavy (non-hydrogen) atoms. The predicted octanol–water partition coefficient (Wildman–Crippen LogP) is 2.79. The van der Waals surface area contributed by atoms with E-state index in [0.717, 1.165) is 11.5 Å². The second-order valence-electron chi connectivity index (χ2n) is 5.40. The van der Waals surface area contributed by atoms with E-state index in [9.17, 15) is 4.39 Å². The molecule has 0 bridgehead atoms. The number of allylic oxidation sites excluding steroid dienone is 1. The summed E-state index contributed by atoms with van der Waals surface area (Å²) < 4.78 is 18.9. The average Bonchev–Trinajstić information content (AvgIpc) is 2.92. The van der Waals surface area contributed by atoms with Gasteiger partial charge < -0.3 is 15.1 Å². The number of hydrogen-bond donors (Lipinski definition) is 1. The van der Waals surface area contributed by atoms with Gasteiger partial charge in [0.2, 0.25) is 0 Å². The Kier molecular flexibility index (Phi) is 5.56. The minimum atomic E-state index is -0.395. The molecule has 0 amide bonds. The van der Waals surface area contributed by atoms with Crippen LogP contribution in [0.1, 0.15) is 29.7 Å². The number of pyridine rings is 1. The zero-order valence-electron chi connectivity index (χ0n) is 13.6. The number of furan rings is 1. The first kappa shape index (κ1) is 16.8. The van der Waals surface area contributed by atoms with Gasteiger partial charge in [-0.25, -0.2) is 4.39 Å². The van der Waals surface area contributed by atoms with Crippen molar-refractivity contribution in [2.24, 2.45) is 5.73 Å². The quantitative estimate of drug-likeness (QED) is 0.882. The summed E-state index contributed by atoms with van der Waals surface area (Å²) in [7, 11) is 3.93. The molecular weight excluding hydrogens is 293 g/mol. The van der Waals surface area contributed by atoms with E-state index in [0.29, 0.717) is 30.0 Å². The third kappa shape index (κ3) is 4.97. The number of aryl methyl sites for hydroxylation is 1. The Morgan fingerprint density at radius 3 is 2.91 bits per heavy atom. The second kappa shape index (κ2) is 7.61. The van der Waals surface area contributed by atoms with Gasteiger partial charge in [-0.3, -0.25) is 4.98 Å². The number of aromatic nitrogens is 1. The van der Waals surface area contributed by atoms with Crippen molar-refractivity contribution in [1.29, 1.82) is 0 Å². The molecule has 0 unspecified atom stereocenters. The summed E-state index contributed by atoms with van der Waals surface area (Å²) in [6.45, 7) is 2.66. The average molecular weight is 313 g/mol. The molecule has 0 atom stereocenters. The summed E-state index contributed by atoms with van der Waals surface area (Å²) in [5, 5.41) is 0. The molecule has 5 heteroatoms. The molecule has 0 aliphatic carbocycles. The summed E-state index contributed by atoms with van der Waals surface area (Å²) in [6.07, 6.45) is 3.53. The minimum Gasteiger partial charge on any atom is -0.451 e. The van der Waals surface area contributed by atoms with E-state index in [1.54, 1.807) is 12.1 Å². The SMILES string of the molecule is CCc1ncc(F)cc1/C=C(\N)C#Cc1ccc(CN(C)C)o1. The third-order valence-electron chi connectivity index (χ3n) is 3.08. The van der Waals surface area contributed by atoms with Crippen molar-refractivity contribution in [3.63, 3.8) is 0 Å². The molecule has 2 N–H and O–H groups in total. The van der Waals surface area contributed by atoms with E-state index in [4.69, 9.17) is 10.2 Å². The first-order chi connectivity index (χ1) is 11.0. The van der Waals surface area contributed by atoms with Crippen molar-refractivity contribution in [1.82, 2.24) is 9.88 Å². The lowest BCUT2D eigenvalue weighted by molar-refractivity contribution is 0.348. The Hall–Kier alpha value is -2.58. The molecule has 2 aromatic heterocycles. The van der Waals surface area contributed by atoms with Gasteiger partial charge in [0.1, 0.15) is 11.6 Å². The van der Waals surface area contributed by atoms with Crippen LogP contribution < -0.4 is 5.73 Å². The van der Waals surface area contributed by atoms with Crippen molar-refractivity contribution >= 4 is 6.08 Å². The molecule has 0 radical (unpaired) electrons. The summed E-state index contributed by atoms with van der Waals surface area (Å²) >= 11 is 0. The van der Waals surface area contributed by atoms with Crippen molar-refractivity contribution in [2.45, 2.75) is 19.9 Å². The van der Waals surface area contributed by atoms with Crippen molar-refractivity contribution in [3.8, 4) is 11.8 Å². The lowest BCUT2D eigenvalue weighted by Gasteiger charge is -2.05. The van der Waals surface area contributed by atoms with Crippen molar-refractivity contribution < 1.29 is 8.81 Å². The van der Waals surface area contributed by atoms with E-state index < -0.39 is 5.82 Å². The number of halogens is 1. The Balaban J connectivity index is 2.17. The highest BCUT2D eigenvalue weighted by molar-refractivity contribution is 5.59. The highest BCUT2D eigenvalue weighted by Gasteiger charge is 2.03. The van der Waals surface area contributed by atoms with Gasteiger partial charge in [-0.1, -0.05) is 6.92 Å². The van der Waals surface area contributed by atoms with Crippen LogP contribution in [0.25, 0.3) is 6.08 Å². The maximum atomic E-state index is 13.3. The molecule has 0 aliphatic rings. The van der Waals surface area contributed by atoms with Crippen LogP contribution >= 0.6 is 0 Å². The molecule has 120 valence electrons. The fourth-order valence-corrected chi connectivity index (χ4v) is 2.08. The lowest BCUT2D eigenvalue weighted by Crippen LogP contribution is -2.09. The number of nitrogens with zero attached hydrogens (tertiary/aromatic N) is 2. The lowest BCUT2D eigenvalue weighted by atomic mass is 10.1. The summed E-state index contributed by atoms with van der Waals surface area (Å²) in [6, 6.07) is 5.10. The number of rotatable bonds is 4. The summed E-state index contributed by atoms with van der Waals surface area (Å²) in [4.78, 5) is 6.06. The van der Waals surface area contributed by atoms with Crippen molar-refractivity contribution in [2.75, 3.05) is 14.1 Å². The smallest absolute Gasteiger partial charge is 0.177 e. The van der Waals surface area contributed by atoms with Crippen LogP contribution in [-0.2, 0) is 13.0 Å². The second-order valence-corrected chi connectivity index (χ2v) is 5.40. The first-order valence-corrected chi connectivity index (χ1v) is 7.35. The maximum Gasteiger partial charge on any atom is 0.177 e. The van der Waals surface area contributed by atoms with Gasteiger partial charge in [-0.15, -0.1) is 0 Å². The van der Waals surface area contributed by atoms with Crippen LogP contribution in [0.3, 0.4) is 0 Å². The van der Waals surface area contributed by atoms with E-state index in [1.807, 2.05) is 32.0 Å². The van der Waals surface area contributed by atoms with Crippen LogP contribution in [0.15, 0.2) is 34.5 Å². The molecule has 0 spiro atoms. The zero-order valence-corrected chi connectivity index (χ0v) is 13.6. The molecule has 0 fully saturated rings. The molecule has 2 rings (SSSR count). The number of nitrogens with two attached hydrogens (primary N) is 1. The summed E-state index contributed by atoms with van der Waals surface area (Å²) in [5.41, 5.74) is 7.66. The standard InChI is InChI=1S/C18H20FN3O/c1-4-18-13(9-14(19)11-21-18)10-15(20)5-6-16-7-8-17(23-16)12-22(2)3/h7-11H,4,12,20H2,1-3H3/b15-10-. The molecule has 0 saturated carbocycles. The Labute approximate surface area is 135 Å². The van der Waals surface area contributed by atoms with Gasteiger partial charge in [0.25, 0.3) is 0 Å². The Morgan fingerprint density at radius 1 is 1.43 bits per heavy atom. The Bertz CT molecular complexity index is 766. The van der Waals surface area contributed by atoms with Gasteiger partial charge in [-0.05, 0) is 56.6 Å². The molecule has 0 saturated heterocycles. The van der Waals surface area contributed by atoms with Crippen LogP contribution in [0.5, 0.6) is 0 Å². The van der Waals surface area contributed by atoms with Gasteiger partial charge in [0.15, 0.2) is 5.76 Å². The normalized spacial score (nSPS) is 11.4. The Morgan fingerprint density at radius 2 is 2.22 bits per heavy atom. The third-order valence-corrected chi connectivity index (χ3v) is 3.08. The highest BCUT2D eigenvalue weighted by Crippen LogP contribution is 2.12. The van der Waals surface area contributed by atoms with Crippen LogP contribution in [-0.4, -0.2) is 24.0 Å². The van der Waals surface area contributed by atoms with Gasteiger partial charge in [0.05, 0.1) is 18.4 Å². The molecule has 2 aromatic rings. The fourth-order valence-electron chi connectivity index (χ4n) is 2.08. The minimum absolute atomic E-state index is 0.331. The molecule has 4 nitrogen and oxygen atoms in total. The monoisotopic (exact) mass is 313 g/mol. The molecule has 0 aliphatic heterocycles. The largest absolute Gasteiger partial charge is 0.451 e. The van der Waals surface area contributed by atoms with E-state index in [-0.39, 0.29) is 0 Å². The fraction of sp³-hybridized carbons (Fsp3) is 0.278. The van der Waals surface area contributed by atoms with Crippen LogP contribution in [0.2, 0.25) is 0 Å². The van der Waals surface area contributed by atoms with E-state index in [1.165, 1.54) is 12.3 Å². The first-order valence-electron chi connectivity index (χ1n) is 7.35.